The molecular formula is C22H26FN3O3. The predicted molar refractivity (Wildman–Crippen MR) is 110 cm³/mol. The Morgan fingerprint density at radius 3 is 2.45 bits per heavy atom. The largest absolute Gasteiger partial charge is 0.494 e. The molecule has 1 aliphatic heterocycles. The van der Waals surface area contributed by atoms with Gasteiger partial charge in [-0.05, 0) is 43.7 Å². The fraction of sp³-hybridized carbons (Fsp3) is 0.364. The number of carbonyl (C=O) groups excluding carboxylic acids is 2. The maximum absolute atomic E-state index is 14.3. The molecule has 2 aromatic rings. The van der Waals surface area contributed by atoms with Gasteiger partial charge in [-0.3, -0.25) is 4.79 Å². The Balaban J connectivity index is 1.38. The number of piperazine rings is 1. The number of ether oxygens (including phenoxy) is 1. The zero-order chi connectivity index (χ0) is 20.6. The number of para-hydroxylation sites is 1. The second kappa shape index (κ2) is 9.91. The average Bonchev–Trinajstić information content (AvgIpc) is 2.74. The van der Waals surface area contributed by atoms with E-state index in [1.54, 1.807) is 17.0 Å². The normalized spacial score (nSPS) is 13.9. The van der Waals surface area contributed by atoms with Gasteiger partial charge < -0.3 is 19.9 Å². The number of carbonyl (C=O) groups is 2. The number of amides is 2. The van der Waals surface area contributed by atoms with Crippen molar-refractivity contribution in [1.82, 2.24) is 10.2 Å². The van der Waals surface area contributed by atoms with Gasteiger partial charge >= 0.3 is 6.03 Å². The molecule has 0 bridgehead atoms. The number of anilines is 1. The first-order valence-corrected chi connectivity index (χ1v) is 9.80. The summed E-state index contributed by atoms with van der Waals surface area (Å²) in [5, 5.41) is 2.90. The molecule has 1 N–H and O–H groups in total. The van der Waals surface area contributed by atoms with E-state index in [2.05, 4.69) is 5.32 Å². The summed E-state index contributed by atoms with van der Waals surface area (Å²) in [6, 6.07) is 14.0. The molecule has 1 heterocycles. The molecule has 2 aromatic carbocycles. The summed E-state index contributed by atoms with van der Waals surface area (Å²) >= 11 is 0. The van der Waals surface area contributed by atoms with Gasteiger partial charge in [-0.25, -0.2) is 9.18 Å². The van der Waals surface area contributed by atoms with Crippen LogP contribution in [0.3, 0.4) is 0 Å². The molecule has 0 saturated carbocycles. The van der Waals surface area contributed by atoms with Crippen molar-refractivity contribution in [3.05, 3.63) is 59.9 Å². The summed E-state index contributed by atoms with van der Waals surface area (Å²) in [4.78, 5) is 27.3. The van der Waals surface area contributed by atoms with Crippen LogP contribution >= 0.6 is 0 Å². The number of Topliss-reactive ketones (excluding diaryl/α,β-unsaturated/α-hetero) is 1. The molecule has 2 amide bonds. The summed E-state index contributed by atoms with van der Waals surface area (Å²) < 4.78 is 19.9. The van der Waals surface area contributed by atoms with E-state index in [0.29, 0.717) is 57.0 Å². The maximum atomic E-state index is 14.3. The van der Waals surface area contributed by atoms with Crippen molar-refractivity contribution in [1.29, 1.82) is 0 Å². The van der Waals surface area contributed by atoms with Gasteiger partial charge in [0.15, 0.2) is 5.78 Å². The lowest BCUT2D eigenvalue weighted by atomic mass is 10.1. The monoisotopic (exact) mass is 399 g/mol. The number of nitrogens with zero attached hydrogens (tertiary/aromatic N) is 2. The van der Waals surface area contributed by atoms with E-state index in [1.165, 1.54) is 13.0 Å². The first kappa shape index (κ1) is 20.6. The molecule has 0 aliphatic carbocycles. The predicted octanol–water partition coefficient (Wildman–Crippen LogP) is 3.33. The molecule has 0 unspecified atom stereocenters. The van der Waals surface area contributed by atoms with Crippen LogP contribution in [0.2, 0.25) is 0 Å². The van der Waals surface area contributed by atoms with Gasteiger partial charge in [0.2, 0.25) is 0 Å². The lowest BCUT2D eigenvalue weighted by Gasteiger charge is -2.36. The summed E-state index contributed by atoms with van der Waals surface area (Å²) in [6.45, 7) is 4.60. The fourth-order valence-corrected chi connectivity index (χ4v) is 3.22. The molecule has 6 nitrogen and oxygen atoms in total. The first-order valence-electron chi connectivity index (χ1n) is 9.80. The van der Waals surface area contributed by atoms with Crippen LogP contribution in [0, 0.1) is 5.82 Å². The molecule has 0 radical (unpaired) electrons. The van der Waals surface area contributed by atoms with Crippen molar-refractivity contribution in [2.75, 3.05) is 44.2 Å². The molecular weight excluding hydrogens is 373 g/mol. The third-order valence-corrected chi connectivity index (χ3v) is 4.87. The number of halogens is 1. The number of rotatable bonds is 7. The van der Waals surface area contributed by atoms with Crippen LogP contribution in [-0.2, 0) is 0 Å². The summed E-state index contributed by atoms with van der Waals surface area (Å²) in [5.74, 6) is 0.249. The van der Waals surface area contributed by atoms with E-state index >= 15 is 0 Å². The first-order chi connectivity index (χ1) is 14.0. The smallest absolute Gasteiger partial charge is 0.317 e. The zero-order valence-electron chi connectivity index (χ0n) is 16.6. The van der Waals surface area contributed by atoms with E-state index in [9.17, 15) is 14.0 Å². The topological polar surface area (TPSA) is 61.9 Å². The van der Waals surface area contributed by atoms with Crippen LogP contribution in [0.5, 0.6) is 5.75 Å². The van der Waals surface area contributed by atoms with Crippen LogP contribution in [0.25, 0.3) is 0 Å². The number of nitrogens with one attached hydrogen (secondary N) is 1. The minimum atomic E-state index is -0.408. The van der Waals surface area contributed by atoms with Crippen LogP contribution in [0.4, 0.5) is 14.9 Å². The van der Waals surface area contributed by atoms with Gasteiger partial charge in [-0.2, -0.15) is 0 Å². The number of urea groups is 1. The zero-order valence-corrected chi connectivity index (χ0v) is 16.6. The number of benzene rings is 2. The standard InChI is InChI=1S/C22H26FN3O3/c1-17(27)18-8-9-21(20(23)16-18)25-11-13-26(14-12-25)22(28)24-10-5-15-29-19-6-3-2-4-7-19/h2-4,6-9,16H,5,10-15H2,1H3,(H,24,28). The molecule has 0 aromatic heterocycles. The van der Waals surface area contributed by atoms with Crippen molar-refractivity contribution in [2.24, 2.45) is 0 Å². The van der Waals surface area contributed by atoms with Gasteiger partial charge in [-0.1, -0.05) is 18.2 Å². The van der Waals surface area contributed by atoms with Gasteiger partial charge in [0.25, 0.3) is 0 Å². The van der Waals surface area contributed by atoms with E-state index < -0.39 is 5.82 Å². The second-order valence-electron chi connectivity index (χ2n) is 6.94. The lowest BCUT2D eigenvalue weighted by Crippen LogP contribution is -2.52. The highest BCUT2D eigenvalue weighted by molar-refractivity contribution is 5.94. The maximum Gasteiger partial charge on any atom is 0.317 e. The Morgan fingerprint density at radius 1 is 1.07 bits per heavy atom. The van der Waals surface area contributed by atoms with Gasteiger partial charge in [0.1, 0.15) is 11.6 Å². The number of hydrogen-bond acceptors (Lipinski definition) is 4. The molecule has 0 spiro atoms. The summed E-state index contributed by atoms with van der Waals surface area (Å²) in [5.41, 5.74) is 0.827. The second-order valence-corrected chi connectivity index (χ2v) is 6.94. The molecule has 29 heavy (non-hydrogen) atoms. The van der Waals surface area contributed by atoms with Crippen molar-refractivity contribution in [2.45, 2.75) is 13.3 Å². The van der Waals surface area contributed by atoms with Gasteiger partial charge in [0, 0.05) is 38.3 Å². The van der Waals surface area contributed by atoms with Crippen molar-refractivity contribution in [3.63, 3.8) is 0 Å². The molecule has 1 aliphatic rings. The van der Waals surface area contributed by atoms with E-state index in [4.69, 9.17) is 4.74 Å². The third-order valence-electron chi connectivity index (χ3n) is 4.87. The minimum Gasteiger partial charge on any atom is -0.494 e. The highest BCUT2D eigenvalue weighted by Gasteiger charge is 2.22. The SMILES string of the molecule is CC(=O)c1ccc(N2CCN(C(=O)NCCCOc3ccccc3)CC2)c(F)c1. The van der Waals surface area contributed by atoms with E-state index in [-0.39, 0.29) is 11.8 Å². The van der Waals surface area contributed by atoms with Crippen LogP contribution in [0.15, 0.2) is 48.5 Å². The van der Waals surface area contributed by atoms with Crippen LogP contribution < -0.4 is 15.0 Å². The third kappa shape index (κ3) is 5.70. The molecule has 7 heteroatoms. The Labute approximate surface area is 170 Å². The number of ketones is 1. The Kier molecular flexibility index (Phi) is 7.05. The average molecular weight is 399 g/mol. The summed E-state index contributed by atoms with van der Waals surface area (Å²) in [6.07, 6.45) is 0.717. The minimum absolute atomic E-state index is 0.114. The van der Waals surface area contributed by atoms with Crippen molar-refractivity contribution >= 4 is 17.5 Å². The van der Waals surface area contributed by atoms with Gasteiger partial charge in [0.05, 0.1) is 12.3 Å². The lowest BCUT2D eigenvalue weighted by molar-refractivity contribution is 0.101. The highest BCUT2D eigenvalue weighted by atomic mass is 19.1. The van der Waals surface area contributed by atoms with E-state index in [1.807, 2.05) is 35.2 Å². The van der Waals surface area contributed by atoms with Crippen LogP contribution in [0.1, 0.15) is 23.7 Å². The molecule has 0 atom stereocenters. The Bertz CT molecular complexity index is 836. The molecule has 1 fully saturated rings. The fourth-order valence-electron chi connectivity index (χ4n) is 3.22. The highest BCUT2D eigenvalue weighted by Crippen LogP contribution is 2.22. The molecule has 3 rings (SSSR count). The number of hydrogen-bond donors (Lipinski definition) is 1. The van der Waals surface area contributed by atoms with Crippen LogP contribution in [-0.4, -0.2) is 56.0 Å². The Morgan fingerprint density at radius 2 is 1.79 bits per heavy atom. The Hall–Kier alpha value is -3.09. The van der Waals surface area contributed by atoms with Crippen molar-refractivity contribution < 1.29 is 18.7 Å². The van der Waals surface area contributed by atoms with Gasteiger partial charge in [-0.15, -0.1) is 0 Å². The quantitative estimate of drug-likeness (QED) is 0.573. The van der Waals surface area contributed by atoms with E-state index in [0.717, 1.165) is 5.75 Å². The van der Waals surface area contributed by atoms with Crippen molar-refractivity contribution in [3.8, 4) is 5.75 Å². The molecule has 154 valence electrons. The molecule has 1 saturated heterocycles. The summed E-state index contributed by atoms with van der Waals surface area (Å²) in [7, 11) is 0.